The summed E-state index contributed by atoms with van der Waals surface area (Å²) in [6.07, 6.45) is 4.22. The second-order valence-electron chi connectivity index (χ2n) is 4.89. The maximum Gasteiger partial charge on any atom is 0.245 e. The second-order valence-corrected chi connectivity index (χ2v) is 6.75. The summed E-state index contributed by atoms with van der Waals surface area (Å²) in [5, 5.41) is 2.97. The third-order valence-corrected chi connectivity index (χ3v) is 5.87. The fourth-order valence-corrected chi connectivity index (χ4v) is 4.74. The van der Waals surface area contributed by atoms with Crippen molar-refractivity contribution in [1.29, 1.82) is 0 Å². The van der Waals surface area contributed by atoms with Gasteiger partial charge in [0.15, 0.2) is 0 Å². The zero-order valence-electron chi connectivity index (χ0n) is 11.6. The average Bonchev–Trinajstić information content (AvgIpc) is 2.93. The highest BCUT2D eigenvalue weighted by Crippen LogP contribution is 2.31. The van der Waals surface area contributed by atoms with Crippen molar-refractivity contribution >= 4 is 15.7 Å². The monoisotopic (exact) mass is 282 g/mol. The summed E-state index contributed by atoms with van der Waals surface area (Å²) in [7, 11) is -1.66. The summed E-state index contributed by atoms with van der Waals surface area (Å²) in [6, 6.07) is 7.26. The molecule has 1 saturated carbocycles. The molecule has 19 heavy (non-hydrogen) atoms. The van der Waals surface area contributed by atoms with Gasteiger partial charge in [0.05, 0.1) is 5.69 Å². The van der Waals surface area contributed by atoms with E-state index in [1.54, 1.807) is 29.6 Å². The van der Waals surface area contributed by atoms with E-state index in [0.717, 1.165) is 25.7 Å². The van der Waals surface area contributed by atoms with Crippen molar-refractivity contribution in [1.82, 2.24) is 4.31 Å². The third-order valence-electron chi connectivity index (χ3n) is 3.79. The van der Waals surface area contributed by atoms with Crippen molar-refractivity contribution < 1.29 is 8.42 Å². The normalized spacial score (nSPS) is 17.0. The highest BCUT2D eigenvalue weighted by atomic mass is 32.2. The summed E-state index contributed by atoms with van der Waals surface area (Å²) in [4.78, 5) is 0.381. The summed E-state index contributed by atoms with van der Waals surface area (Å²) >= 11 is 0. The molecule has 1 fully saturated rings. The van der Waals surface area contributed by atoms with Crippen LogP contribution in [0.4, 0.5) is 5.69 Å². The molecule has 0 aromatic heterocycles. The Bertz CT molecular complexity index is 522. The average molecular weight is 282 g/mol. The highest BCUT2D eigenvalue weighted by Gasteiger charge is 2.33. The number of benzene rings is 1. The molecule has 1 aliphatic rings. The molecular weight excluding hydrogens is 260 g/mol. The van der Waals surface area contributed by atoms with Gasteiger partial charge in [0, 0.05) is 19.6 Å². The molecule has 5 heteroatoms. The van der Waals surface area contributed by atoms with Crippen LogP contribution >= 0.6 is 0 Å². The lowest BCUT2D eigenvalue weighted by Gasteiger charge is -2.27. The quantitative estimate of drug-likeness (QED) is 0.903. The van der Waals surface area contributed by atoms with Gasteiger partial charge in [-0.25, -0.2) is 8.42 Å². The van der Waals surface area contributed by atoms with Gasteiger partial charge in [-0.1, -0.05) is 31.9 Å². The van der Waals surface area contributed by atoms with Crippen LogP contribution in [0.5, 0.6) is 0 Å². The van der Waals surface area contributed by atoms with Crippen molar-refractivity contribution in [2.45, 2.75) is 43.5 Å². The molecule has 0 aliphatic heterocycles. The maximum absolute atomic E-state index is 12.8. The SMILES string of the molecule is CCN(C1CCCC1)S(=O)(=O)c1ccccc1NC. The highest BCUT2D eigenvalue weighted by molar-refractivity contribution is 7.89. The van der Waals surface area contributed by atoms with Gasteiger partial charge in [-0.05, 0) is 25.0 Å². The van der Waals surface area contributed by atoms with Crippen LogP contribution in [0.2, 0.25) is 0 Å². The van der Waals surface area contributed by atoms with Crippen LogP contribution in [0.15, 0.2) is 29.2 Å². The smallest absolute Gasteiger partial charge is 0.245 e. The number of rotatable bonds is 5. The first-order valence-corrected chi connectivity index (χ1v) is 8.34. The van der Waals surface area contributed by atoms with Crippen LogP contribution in [0.3, 0.4) is 0 Å². The molecule has 0 heterocycles. The Morgan fingerprint density at radius 1 is 1.26 bits per heavy atom. The van der Waals surface area contributed by atoms with Gasteiger partial charge in [0.2, 0.25) is 10.0 Å². The van der Waals surface area contributed by atoms with E-state index in [1.165, 1.54) is 0 Å². The molecule has 0 bridgehead atoms. The molecule has 0 atom stereocenters. The zero-order valence-corrected chi connectivity index (χ0v) is 12.4. The number of hydrogen-bond donors (Lipinski definition) is 1. The minimum Gasteiger partial charge on any atom is -0.387 e. The van der Waals surface area contributed by atoms with Gasteiger partial charge in [-0.15, -0.1) is 0 Å². The largest absolute Gasteiger partial charge is 0.387 e. The molecule has 106 valence electrons. The number of sulfonamides is 1. The molecule has 0 radical (unpaired) electrons. The Balaban J connectivity index is 2.39. The lowest BCUT2D eigenvalue weighted by atomic mass is 10.2. The van der Waals surface area contributed by atoms with Crippen LogP contribution in [-0.2, 0) is 10.0 Å². The van der Waals surface area contributed by atoms with Crippen molar-refractivity contribution in [3.8, 4) is 0 Å². The van der Waals surface area contributed by atoms with Crippen LogP contribution in [0.25, 0.3) is 0 Å². The number of anilines is 1. The Morgan fingerprint density at radius 2 is 1.89 bits per heavy atom. The van der Waals surface area contributed by atoms with E-state index in [2.05, 4.69) is 5.32 Å². The van der Waals surface area contributed by atoms with Crippen molar-refractivity contribution in [2.24, 2.45) is 0 Å². The first-order chi connectivity index (χ1) is 9.11. The van der Waals surface area contributed by atoms with E-state index < -0.39 is 10.0 Å². The molecular formula is C14H22N2O2S. The van der Waals surface area contributed by atoms with Gasteiger partial charge >= 0.3 is 0 Å². The molecule has 0 amide bonds. The van der Waals surface area contributed by atoms with Gasteiger partial charge in [-0.3, -0.25) is 0 Å². The molecule has 0 saturated heterocycles. The summed E-state index contributed by atoms with van der Waals surface area (Å²) in [5.41, 5.74) is 0.666. The van der Waals surface area contributed by atoms with Gasteiger partial charge < -0.3 is 5.32 Å². The molecule has 0 spiro atoms. The topological polar surface area (TPSA) is 49.4 Å². The molecule has 0 unspecified atom stereocenters. The number of para-hydroxylation sites is 1. The first kappa shape index (κ1) is 14.3. The predicted octanol–water partition coefficient (Wildman–Crippen LogP) is 2.68. The third kappa shape index (κ3) is 2.77. The summed E-state index contributed by atoms with van der Waals surface area (Å²) in [5.74, 6) is 0. The summed E-state index contributed by atoms with van der Waals surface area (Å²) < 4.78 is 27.3. The van der Waals surface area contributed by atoms with Gasteiger partial charge in [0.1, 0.15) is 4.90 Å². The van der Waals surface area contributed by atoms with E-state index >= 15 is 0 Å². The van der Waals surface area contributed by atoms with Crippen LogP contribution < -0.4 is 5.32 Å². The van der Waals surface area contributed by atoms with Crippen LogP contribution in [0, 0.1) is 0 Å². The lowest BCUT2D eigenvalue weighted by molar-refractivity contribution is 0.335. The number of nitrogens with one attached hydrogen (secondary N) is 1. The Kier molecular flexibility index (Phi) is 4.47. The predicted molar refractivity (Wildman–Crippen MR) is 77.8 cm³/mol. The Morgan fingerprint density at radius 3 is 2.47 bits per heavy atom. The number of hydrogen-bond acceptors (Lipinski definition) is 3. The lowest BCUT2D eigenvalue weighted by Crippen LogP contribution is -2.38. The van der Waals surface area contributed by atoms with E-state index in [9.17, 15) is 8.42 Å². The van der Waals surface area contributed by atoms with E-state index in [4.69, 9.17) is 0 Å². The fraction of sp³-hybridized carbons (Fsp3) is 0.571. The summed E-state index contributed by atoms with van der Waals surface area (Å²) in [6.45, 7) is 2.45. The number of nitrogens with zero attached hydrogens (tertiary/aromatic N) is 1. The van der Waals surface area contributed by atoms with Gasteiger partial charge in [-0.2, -0.15) is 4.31 Å². The molecule has 2 rings (SSSR count). The minimum atomic E-state index is -3.41. The van der Waals surface area contributed by atoms with E-state index in [-0.39, 0.29) is 6.04 Å². The molecule has 4 nitrogen and oxygen atoms in total. The minimum absolute atomic E-state index is 0.167. The van der Waals surface area contributed by atoms with Crippen LogP contribution in [0.1, 0.15) is 32.6 Å². The molecule has 1 aromatic carbocycles. The molecule has 1 N–H and O–H groups in total. The maximum atomic E-state index is 12.8. The van der Waals surface area contributed by atoms with E-state index in [0.29, 0.717) is 17.1 Å². The Labute approximate surface area is 115 Å². The van der Waals surface area contributed by atoms with Crippen molar-refractivity contribution in [3.05, 3.63) is 24.3 Å². The van der Waals surface area contributed by atoms with E-state index in [1.807, 2.05) is 13.0 Å². The first-order valence-electron chi connectivity index (χ1n) is 6.90. The standard InChI is InChI=1S/C14H22N2O2S/c1-3-16(12-8-4-5-9-12)19(17,18)14-11-7-6-10-13(14)15-2/h6-7,10-12,15H,3-5,8-9H2,1-2H3. The van der Waals surface area contributed by atoms with Crippen molar-refractivity contribution in [3.63, 3.8) is 0 Å². The fourth-order valence-electron chi connectivity index (χ4n) is 2.84. The Hall–Kier alpha value is -1.07. The molecule has 1 aliphatic carbocycles. The van der Waals surface area contributed by atoms with Crippen LogP contribution in [-0.4, -0.2) is 32.4 Å². The van der Waals surface area contributed by atoms with Gasteiger partial charge in [0.25, 0.3) is 0 Å². The second kappa shape index (κ2) is 5.92. The van der Waals surface area contributed by atoms with Crippen molar-refractivity contribution in [2.75, 3.05) is 18.9 Å². The molecule has 1 aromatic rings. The zero-order chi connectivity index (χ0) is 13.9.